The van der Waals surface area contributed by atoms with E-state index in [1.54, 1.807) is 24.3 Å². The molecule has 0 amide bonds. The first-order valence-corrected chi connectivity index (χ1v) is 6.02. The van der Waals surface area contributed by atoms with Crippen molar-refractivity contribution in [2.45, 2.75) is 19.1 Å². The van der Waals surface area contributed by atoms with Crippen molar-refractivity contribution >= 4 is 17.3 Å². The van der Waals surface area contributed by atoms with E-state index < -0.39 is 0 Å². The summed E-state index contributed by atoms with van der Waals surface area (Å²) in [7, 11) is 0. The van der Waals surface area contributed by atoms with E-state index in [2.05, 4.69) is 11.1 Å². The van der Waals surface area contributed by atoms with Gasteiger partial charge in [-0.3, -0.25) is 4.99 Å². The van der Waals surface area contributed by atoms with Crippen LogP contribution in [0.3, 0.4) is 0 Å². The zero-order valence-corrected chi connectivity index (χ0v) is 10.7. The summed E-state index contributed by atoms with van der Waals surface area (Å²) in [5.41, 5.74) is 1.14. The SMILES string of the molecule is CC1OCOC1CN=C(C#N)c1ccc(Cl)cc1. The van der Waals surface area contributed by atoms with Gasteiger partial charge in [0.25, 0.3) is 0 Å². The Labute approximate surface area is 111 Å². The van der Waals surface area contributed by atoms with Crippen LogP contribution < -0.4 is 0 Å². The molecule has 1 aliphatic rings. The number of nitrogens with zero attached hydrogens (tertiary/aromatic N) is 2. The van der Waals surface area contributed by atoms with Gasteiger partial charge >= 0.3 is 0 Å². The third-order valence-corrected chi connectivity index (χ3v) is 3.04. The molecule has 1 fully saturated rings. The van der Waals surface area contributed by atoms with Crippen molar-refractivity contribution in [1.29, 1.82) is 5.26 Å². The molecule has 0 N–H and O–H groups in total. The van der Waals surface area contributed by atoms with Crippen LogP contribution in [-0.4, -0.2) is 31.3 Å². The van der Waals surface area contributed by atoms with Crippen LogP contribution >= 0.6 is 11.6 Å². The van der Waals surface area contributed by atoms with Crippen LogP contribution in [0.15, 0.2) is 29.3 Å². The summed E-state index contributed by atoms with van der Waals surface area (Å²) >= 11 is 5.80. The maximum Gasteiger partial charge on any atom is 0.147 e. The average molecular weight is 265 g/mol. The van der Waals surface area contributed by atoms with Crippen molar-refractivity contribution in [1.82, 2.24) is 0 Å². The van der Waals surface area contributed by atoms with Crippen LogP contribution in [-0.2, 0) is 9.47 Å². The predicted molar refractivity (Wildman–Crippen MR) is 68.8 cm³/mol. The Bertz CT molecular complexity index is 479. The average Bonchev–Trinajstić information content (AvgIpc) is 2.78. The summed E-state index contributed by atoms with van der Waals surface area (Å²) in [5, 5.41) is 9.74. The second-order valence-electron chi connectivity index (χ2n) is 4.00. The number of benzene rings is 1. The number of hydrogen-bond acceptors (Lipinski definition) is 4. The lowest BCUT2D eigenvalue weighted by atomic mass is 10.1. The van der Waals surface area contributed by atoms with Crippen molar-refractivity contribution in [3.8, 4) is 6.07 Å². The van der Waals surface area contributed by atoms with E-state index >= 15 is 0 Å². The lowest BCUT2D eigenvalue weighted by Crippen LogP contribution is -2.23. The lowest BCUT2D eigenvalue weighted by Gasteiger charge is -2.09. The molecule has 0 radical (unpaired) electrons. The Morgan fingerprint density at radius 1 is 1.44 bits per heavy atom. The molecule has 0 saturated carbocycles. The van der Waals surface area contributed by atoms with Gasteiger partial charge in [-0.1, -0.05) is 23.7 Å². The molecule has 2 unspecified atom stereocenters. The molecule has 18 heavy (non-hydrogen) atoms. The molecule has 1 aromatic carbocycles. The molecule has 0 aromatic heterocycles. The molecular formula is C13H13ClN2O2. The van der Waals surface area contributed by atoms with Gasteiger partial charge in [0.15, 0.2) is 0 Å². The minimum Gasteiger partial charge on any atom is -0.350 e. The fourth-order valence-electron chi connectivity index (χ4n) is 1.66. The molecule has 2 rings (SSSR count). The number of rotatable bonds is 3. The molecule has 1 saturated heterocycles. The molecular weight excluding hydrogens is 252 g/mol. The van der Waals surface area contributed by atoms with E-state index in [1.807, 2.05) is 6.92 Å². The highest BCUT2D eigenvalue weighted by atomic mass is 35.5. The molecule has 1 aromatic rings. The Balaban J connectivity index is 2.09. The first-order valence-electron chi connectivity index (χ1n) is 5.64. The molecule has 0 spiro atoms. The molecule has 0 aliphatic carbocycles. The smallest absolute Gasteiger partial charge is 0.147 e. The largest absolute Gasteiger partial charge is 0.350 e. The van der Waals surface area contributed by atoms with Gasteiger partial charge in [0.1, 0.15) is 24.7 Å². The van der Waals surface area contributed by atoms with Gasteiger partial charge in [0.2, 0.25) is 0 Å². The first kappa shape index (κ1) is 13.0. The fraction of sp³-hybridized carbons (Fsp3) is 0.385. The van der Waals surface area contributed by atoms with Gasteiger partial charge in [-0.25, -0.2) is 0 Å². The van der Waals surface area contributed by atoms with E-state index in [-0.39, 0.29) is 12.2 Å². The minimum atomic E-state index is -0.0827. The maximum atomic E-state index is 9.10. The van der Waals surface area contributed by atoms with Crippen LogP contribution in [0.5, 0.6) is 0 Å². The summed E-state index contributed by atoms with van der Waals surface area (Å²) in [6, 6.07) is 9.12. The maximum absolute atomic E-state index is 9.10. The molecule has 4 nitrogen and oxygen atoms in total. The van der Waals surface area contributed by atoms with Crippen molar-refractivity contribution < 1.29 is 9.47 Å². The lowest BCUT2D eigenvalue weighted by molar-refractivity contribution is 0.0420. The number of halogens is 1. The number of aliphatic imine (C=N–C) groups is 1. The van der Waals surface area contributed by atoms with E-state index in [0.29, 0.717) is 24.1 Å². The van der Waals surface area contributed by atoms with E-state index in [9.17, 15) is 0 Å². The summed E-state index contributed by atoms with van der Waals surface area (Å²) in [5.74, 6) is 0. The van der Waals surface area contributed by atoms with E-state index in [4.69, 9.17) is 26.3 Å². The zero-order valence-electron chi connectivity index (χ0n) is 9.97. The quantitative estimate of drug-likeness (QED) is 0.788. The van der Waals surface area contributed by atoms with Gasteiger partial charge in [-0.15, -0.1) is 0 Å². The highest BCUT2D eigenvalue weighted by Gasteiger charge is 2.24. The standard InChI is InChI=1S/C13H13ClN2O2/c1-9-13(18-8-17-9)7-16-12(6-15)10-2-4-11(14)5-3-10/h2-5,9,13H,7-8H2,1H3. The molecule has 94 valence electrons. The second kappa shape index (κ2) is 5.96. The molecule has 2 atom stereocenters. The van der Waals surface area contributed by atoms with Crippen LogP contribution in [0.1, 0.15) is 12.5 Å². The summed E-state index contributed by atoms with van der Waals surface area (Å²) in [6.07, 6.45) is -0.0699. The number of hydrogen-bond donors (Lipinski definition) is 0. The third-order valence-electron chi connectivity index (χ3n) is 2.79. The Hall–Kier alpha value is -1.41. The van der Waals surface area contributed by atoms with Crippen molar-refractivity contribution in [3.63, 3.8) is 0 Å². The van der Waals surface area contributed by atoms with Gasteiger partial charge in [0.05, 0.1) is 12.6 Å². The summed E-state index contributed by atoms with van der Waals surface area (Å²) in [4.78, 5) is 4.28. The second-order valence-corrected chi connectivity index (χ2v) is 4.44. The number of ether oxygens (including phenoxy) is 2. The first-order chi connectivity index (χ1) is 8.70. The Kier molecular flexibility index (Phi) is 4.32. The predicted octanol–water partition coefficient (Wildman–Crippen LogP) is 2.41. The normalized spacial score (nSPS) is 23.9. The number of nitriles is 1. The monoisotopic (exact) mass is 264 g/mol. The van der Waals surface area contributed by atoms with Crippen molar-refractivity contribution in [2.24, 2.45) is 4.99 Å². The Morgan fingerprint density at radius 2 is 2.17 bits per heavy atom. The Morgan fingerprint density at radius 3 is 2.72 bits per heavy atom. The summed E-state index contributed by atoms with van der Waals surface area (Å²) in [6.45, 7) is 2.65. The highest BCUT2D eigenvalue weighted by Crippen LogP contribution is 2.14. The zero-order chi connectivity index (χ0) is 13.0. The minimum absolute atomic E-state index is 0.0129. The van der Waals surface area contributed by atoms with E-state index in [1.165, 1.54) is 0 Å². The van der Waals surface area contributed by atoms with Crippen LogP contribution in [0, 0.1) is 11.3 Å². The van der Waals surface area contributed by atoms with Crippen LogP contribution in [0.25, 0.3) is 0 Å². The molecule has 1 heterocycles. The fourth-order valence-corrected chi connectivity index (χ4v) is 1.78. The summed E-state index contributed by atoms with van der Waals surface area (Å²) < 4.78 is 10.6. The van der Waals surface area contributed by atoms with Gasteiger partial charge in [0, 0.05) is 10.6 Å². The van der Waals surface area contributed by atoms with E-state index in [0.717, 1.165) is 5.56 Å². The molecule has 0 bridgehead atoms. The van der Waals surface area contributed by atoms with Crippen molar-refractivity contribution in [3.05, 3.63) is 34.9 Å². The van der Waals surface area contributed by atoms with Crippen LogP contribution in [0.2, 0.25) is 5.02 Å². The van der Waals surface area contributed by atoms with Gasteiger partial charge < -0.3 is 9.47 Å². The highest BCUT2D eigenvalue weighted by molar-refractivity contribution is 6.30. The molecule has 1 aliphatic heterocycles. The molecule has 5 heteroatoms. The van der Waals surface area contributed by atoms with Gasteiger partial charge in [-0.2, -0.15) is 5.26 Å². The topological polar surface area (TPSA) is 54.6 Å². The third kappa shape index (κ3) is 3.08. The van der Waals surface area contributed by atoms with Crippen LogP contribution in [0.4, 0.5) is 0 Å². The van der Waals surface area contributed by atoms with Crippen molar-refractivity contribution in [2.75, 3.05) is 13.3 Å². The van der Waals surface area contributed by atoms with Gasteiger partial charge in [-0.05, 0) is 19.1 Å².